The normalized spacial score (nSPS) is 11.9. The van der Waals surface area contributed by atoms with Crippen molar-refractivity contribution in [3.8, 4) is 22.3 Å². The molecule has 2 aromatic heterocycles. The second-order valence-electron chi connectivity index (χ2n) is 20.6. The number of nitrogens with zero attached hydrogens (tertiary/aromatic N) is 2. The number of benzene rings is 11. The summed E-state index contributed by atoms with van der Waals surface area (Å²) in [5.74, 6) is 0.804. The third kappa shape index (κ3) is 7.60. The van der Waals surface area contributed by atoms with E-state index in [4.69, 9.17) is 8.83 Å². The summed E-state index contributed by atoms with van der Waals surface area (Å²) in [4.78, 5) is 4.78. The van der Waals surface area contributed by atoms with Crippen LogP contribution in [0.4, 0.5) is 34.1 Å². The van der Waals surface area contributed by atoms with Crippen molar-refractivity contribution >= 4 is 99.5 Å². The van der Waals surface area contributed by atoms with Gasteiger partial charge in [-0.25, -0.2) is 0 Å². The molecule has 0 aliphatic carbocycles. The van der Waals surface area contributed by atoms with E-state index in [1.54, 1.807) is 0 Å². The van der Waals surface area contributed by atoms with Crippen molar-refractivity contribution in [3.05, 3.63) is 241 Å². The molecule has 74 heavy (non-hydrogen) atoms. The molecule has 0 N–H and O–H groups in total. The lowest BCUT2D eigenvalue weighted by Gasteiger charge is -2.28. The number of fused-ring (bicyclic) bond motifs is 8. The minimum atomic E-state index is 0.402. The molecule has 4 heteroatoms. The molecule has 11 aromatic carbocycles. The van der Waals surface area contributed by atoms with Crippen LogP contribution in [-0.4, -0.2) is 0 Å². The molecule has 0 saturated carbocycles. The summed E-state index contributed by atoms with van der Waals surface area (Å²) in [5.41, 5.74) is 19.3. The summed E-state index contributed by atoms with van der Waals surface area (Å²) < 4.78 is 14.7. The van der Waals surface area contributed by atoms with Crippen molar-refractivity contribution in [2.24, 2.45) is 0 Å². The first-order valence-corrected chi connectivity index (χ1v) is 25.9. The fourth-order valence-electron chi connectivity index (χ4n) is 11.2. The van der Waals surface area contributed by atoms with E-state index in [1.807, 2.05) is 0 Å². The molecule has 358 valence electrons. The fourth-order valence-corrected chi connectivity index (χ4v) is 11.2. The maximum Gasteiger partial charge on any atom is 0.144 e. The highest BCUT2D eigenvalue weighted by Gasteiger charge is 2.28. The topological polar surface area (TPSA) is 32.8 Å². The maximum atomic E-state index is 7.35. The van der Waals surface area contributed by atoms with Crippen LogP contribution in [0, 0.1) is 13.8 Å². The Balaban J connectivity index is 1.05. The Hall–Kier alpha value is -8.86. The average Bonchev–Trinajstić information content (AvgIpc) is 4.03. The van der Waals surface area contributed by atoms with Gasteiger partial charge in [0, 0.05) is 66.8 Å². The van der Waals surface area contributed by atoms with Gasteiger partial charge in [0.05, 0.1) is 0 Å². The zero-order chi connectivity index (χ0) is 50.2. The van der Waals surface area contributed by atoms with Crippen molar-refractivity contribution in [1.82, 2.24) is 0 Å². The van der Waals surface area contributed by atoms with Gasteiger partial charge in [0.1, 0.15) is 22.3 Å². The Morgan fingerprint density at radius 1 is 0.338 bits per heavy atom. The molecule has 0 amide bonds. The largest absolute Gasteiger partial charge is 0.455 e. The van der Waals surface area contributed by atoms with E-state index in [1.165, 1.54) is 33.6 Å². The first kappa shape index (κ1) is 45.0. The lowest BCUT2D eigenvalue weighted by atomic mass is 9.90. The predicted molar refractivity (Wildman–Crippen MR) is 314 cm³/mol. The van der Waals surface area contributed by atoms with Gasteiger partial charge in [-0.15, -0.1) is 0 Å². The molecule has 0 bridgehead atoms. The summed E-state index contributed by atoms with van der Waals surface area (Å²) in [5, 5.41) is 8.64. The van der Waals surface area contributed by atoms with E-state index >= 15 is 0 Å². The number of aryl methyl sites for hydroxylation is 2. The molecule has 4 nitrogen and oxygen atoms in total. The van der Waals surface area contributed by atoms with Crippen molar-refractivity contribution in [1.29, 1.82) is 0 Å². The van der Waals surface area contributed by atoms with Crippen LogP contribution in [0.5, 0.6) is 0 Å². The van der Waals surface area contributed by atoms with Gasteiger partial charge in [0.15, 0.2) is 0 Å². The lowest BCUT2D eigenvalue weighted by molar-refractivity contribution is 0.666. The van der Waals surface area contributed by atoms with Gasteiger partial charge >= 0.3 is 0 Å². The van der Waals surface area contributed by atoms with E-state index in [-0.39, 0.29) is 0 Å². The Bertz CT molecular complexity index is 3990. The van der Waals surface area contributed by atoms with Crippen LogP contribution in [-0.2, 0) is 0 Å². The van der Waals surface area contributed by atoms with Gasteiger partial charge in [-0.1, -0.05) is 161 Å². The summed E-state index contributed by atoms with van der Waals surface area (Å²) in [6.45, 7) is 13.4. The monoisotopic (exact) mass is 956 g/mol. The molecule has 0 unspecified atom stereocenters. The Morgan fingerprint density at radius 2 is 0.716 bits per heavy atom. The lowest BCUT2D eigenvalue weighted by Crippen LogP contribution is -2.12. The molecule has 13 rings (SSSR count). The van der Waals surface area contributed by atoms with Crippen molar-refractivity contribution < 1.29 is 8.83 Å². The van der Waals surface area contributed by atoms with Crippen LogP contribution >= 0.6 is 0 Å². The predicted octanol–water partition coefficient (Wildman–Crippen LogP) is 20.9. The van der Waals surface area contributed by atoms with Gasteiger partial charge < -0.3 is 18.6 Å². The number of rotatable bonds is 10. The van der Waals surface area contributed by atoms with Gasteiger partial charge in [-0.05, 0) is 166 Å². The first-order chi connectivity index (χ1) is 36.2. The van der Waals surface area contributed by atoms with Crippen LogP contribution in [0.25, 0.3) is 87.7 Å². The molecule has 2 heterocycles. The molecule has 0 aliphatic rings. The van der Waals surface area contributed by atoms with Crippen LogP contribution in [0.3, 0.4) is 0 Å². The number of anilines is 6. The quantitative estimate of drug-likeness (QED) is 0.137. The van der Waals surface area contributed by atoms with E-state index in [2.05, 4.69) is 270 Å². The van der Waals surface area contributed by atoms with Crippen LogP contribution in [0.2, 0.25) is 0 Å². The van der Waals surface area contributed by atoms with Crippen LogP contribution in [0.1, 0.15) is 61.8 Å². The maximum absolute atomic E-state index is 7.35. The molecule has 13 aromatic rings. The third-order valence-corrected chi connectivity index (χ3v) is 15.2. The smallest absolute Gasteiger partial charge is 0.144 e. The van der Waals surface area contributed by atoms with Gasteiger partial charge in [0.25, 0.3) is 0 Å². The summed E-state index contributed by atoms with van der Waals surface area (Å²) in [6.07, 6.45) is 0. The SMILES string of the molecule is Cc1ccc(C(C)C)cc1N(c1ccccc1)c1ccc2cc3c(cc2c1)oc1c(-c2ccccc2)c2c(oc4cc5cc(N(c6ccccc6)c6cc(C(C)C)ccc6C)ccc5cc42)c(-c2ccccc2)c13. The van der Waals surface area contributed by atoms with E-state index in [0.29, 0.717) is 11.8 Å². The van der Waals surface area contributed by atoms with Crippen molar-refractivity contribution in [2.45, 2.75) is 53.4 Å². The minimum Gasteiger partial charge on any atom is -0.455 e. The Kier molecular flexibility index (Phi) is 11.0. The van der Waals surface area contributed by atoms with Crippen molar-refractivity contribution in [3.63, 3.8) is 0 Å². The molecule has 0 radical (unpaired) electrons. The molecular formula is C70H56N2O2. The second kappa shape index (κ2) is 18.0. The van der Waals surface area contributed by atoms with Crippen LogP contribution in [0.15, 0.2) is 227 Å². The van der Waals surface area contributed by atoms with E-state index < -0.39 is 0 Å². The second-order valence-corrected chi connectivity index (χ2v) is 20.6. The summed E-state index contributed by atoms with van der Waals surface area (Å²) in [7, 11) is 0. The molecule has 0 saturated heterocycles. The number of furan rings is 2. The highest BCUT2D eigenvalue weighted by molar-refractivity contribution is 6.31. The molecular weight excluding hydrogens is 901 g/mol. The van der Waals surface area contributed by atoms with Gasteiger partial charge in [0.2, 0.25) is 0 Å². The number of hydrogen-bond acceptors (Lipinski definition) is 4. The Morgan fingerprint density at radius 3 is 1.09 bits per heavy atom. The summed E-state index contributed by atoms with van der Waals surface area (Å²) >= 11 is 0. The number of hydrogen-bond donors (Lipinski definition) is 0. The van der Waals surface area contributed by atoms with Gasteiger partial charge in [-0.3, -0.25) is 0 Å². The molecule has 0 spiro atoms. The van der Waals surface area contributed by atoms with E-state index in [0.717, 1.165) is 110 Å². The standard InChI is InChI=1S/C70H56N2O2/c1-43(2)49-29-27-45(5)61(39-49)71(55-23-15-9-16-24-55)57-33-31-51-37-59-63(41-53(51)35-57)73-69-66(48-21-13-8-14-22-48)68-60-38-52-32-34-58(72(56-25-17-10-18-26-56)62-40-50(44(3)4)30-28-46(62)6)36-54(52)42-64(60)74-70(68)65(67(59)69)47-19-11-7-12-20-47/h7-44H,1-6H3. The minimum absolute atomic E-state index is 0.402. The zero-order valence-electron chi connectivity index (χ0n) is 42.7. The average molecular weight is 957 g/mol. The zero-order valence-corrected chi connectivity index (χ0v) is 42.7. The van der Waals surface area contributed by atoms with Crippen molar-refractivity contribution in [2.75, 3.05) is 9.80 Å². The highest BCUT2D eigenvalue weighted by atomic mass is 16.3. The number of para-hydroxylation sites is 2. The third-order valence-electron chi connectivity index (χ3n) is 15.2. The van der Waals surface area contributed by atoms with E-state index in [9.17, 15) is 0 Å². The van der Waals surface area contributed by atoms with Crippen LogP contribution < -0.4 is 9.80 Å². The summed E-state index contributed by atoms with van der Waals surface area (Å²) in [6, 6.07) is 79.3. The highest BCUT2D eigenvalue weighted by Crippen LogP contribution is 2.52. The first-order valence-electron chi connectivity index (χ1n) is 25.9. The Labute approximate surface area is 432 Å². The van der Waals surface area contributed by atoms with Gasteiger partial charge in [-0.2, -0.15) is 0 Å². The molecule has 0 aliphatic heterocycles. The fraction of sp³-hybridized carbons (Fsp3) is 0.114. The molecule has 0 fully saturated rings. The molecule has 0 atom stereocenters.